The van der Waals surface area contributed by atoms with E-state index in [4.69, 9.17) is 9.47 Å². The third-order valence-corrected chi connectivity index (χ3v) is 5.06. The molecular weight excluding hydrogens is 410 g/mol. The van der Waals surface area contributed by atoms with Gasteiger partial charge in [0.05, 0.1) is 12.0 Å². The molecule has 2 amide bonds. The molecule has 3 aromatic carbocycles. The van der Waals surface area contributed by atoms with Gasteiger partial charge in [-0.2, -0.15) is 0 Å². The molecule has 1 atom stereocenters. The number of carbonyl (C=O) groups excluding carboxylic acids is 1. The Balaban J connectivity index is 1.69. The largest absolute Gasteiger partial charge is 0.493 e. The molecule has 1 unspecified atom stereocenters. The third kappa shape index (κ3) is 4.39. The molecule has 0 aliphatic carbocycles. The van der Waals surface area contributed by atoms with Crippen molar-refractivity contribution >= 4 is 11.7 Å². The van der Waals surface area contributed by atoms with E-state index >= 15 is 0 Å². The maximum absolute atomic E-state index is 12.3. The lowest BCUT2D eigenvalue weighted by atomic mass is 9.97. The first-order chi connectivity index (χ1) is 15.6. The summed E-state index contributed by atoms with van der Waals surface area (Å²) >= 11 is 0. The molecule has 0 spiro atoms. The number of carbonyl (C=O) groups is 1. The van der Waals surface area contributed by atoms with Gasteiger partial charge in [-0.3, -0.25) is 10.1 Å². The monoisotopic (exact) mass is 431 g/mol. The van der Waals surface area contributed by atoms with Crippen LogP contribution in [0.1, 0.15) is 22.7 Å². The first-order valence-corrected chi connectivity index (χ1v) is 9.93. The fourth-order valence-electron chi connectivity index (χ4n) is 3.54. The molecule has 3 aromatic rings. The number of hydrogen-bond acceptors (Lipinski definition) is 5. The van der Waals surface area contributed by atoms with Crippen LogP contribution in [0.25, 0.3) is 5.70 Å². The molecule has 4 rings (SSSR count). The van der Waals surface area contributed by atoms with E-state index in [0.29, 0.717) is 29.2 Å². The number of amides is 2. The first-order valence-electron chi connectivity index (χ1n) is 9.93. The molecule has 0 bridgehead atoms. The van der Waals surface area contributed by atoms with Gasteiger partial charge in [-0.25, -0.2) is 4.79 Å². The lowest BCUT2D eigenvalue weighted by Crippen LogP contribution is -2.45. The molecule has 0 aromatic heterocycles. The van der Waals surface area contributed by atoms with Crippen LogP contribution < -0.4 is 20.1 Å². The van der Waals surface area contributed by atoms with Gasteiger partial charge in [-0.15, -0.1) is 0 Å². The van der Waals surface area contributed by atoms with E-state index in [0.717, 1.165) is 5.56 Å². The minimum Gasteiger partial charge on any atom is -0.493 e. The number of nitrogens with zero attached hydrogens (tertiary/aromatic N) is 1. The molecule has 1 aliphatic heterocycles. The number of ether oxygens (including phenoxy) is 2. The lowest BCUT2D eigenvalue weighted by Gasteiger charge is -2.25. The normalized spacial score (nSPS) is 15.5. The second-order valence-electron chi connectivity index (χ2n) is 7.10. The zero-order valence-electron chi connectivity index (χ0n) is 17.3. The van der Waals surface area contributed by atoms with Gasteiger partial charge >= 0.3 is 6.03 Å². The standard InChI is InChI=1S/C24H21N3O5/c1-31-20-14-18(12-13-19(20)32-15-16-8-4-2-5-9-16)22-23(27(29)30)21(25-24(28)26-22)17-10-6-3-7-11-17/h2-14,22H,15H2,1H3,(H2,25,26,28). The van der Waals surface area contributed by atoms with Crippen molar-refractivity contribution in [3.63, 3.8) is 0 Å². The SMILES string of the molecule is COc1cc(C2NC(=O)NC(c3ccccc3)=C2[N+](=O)[O-])ccc1OCc1ccccc1. The zero-order valence-corrected chi connectivity index (χ0v) is 17.3. The van der Waals surface area contributed by atoms with Crippen LogP contribution >= 0.6 is 0 Å². The number of methoxy groups -OCH3 is 1. The summed E-state index contributed by atoms with van der Waals surface area (Å²) in [4.78, 5) is 23.9. The second-order valence-corrected chi connectivity index (χ2v) is 7.10. The Kier molecular flexibility index (Phi) is 6.03. The Morgan fingerprint density at radius 3 is 2.31 bits per heavy atom. The molecule has 0 radical (unpaired) electrons. The van der Waals surface area contributed by atoms with E-state index in [-0.39, 0.29) is 11.4 Å². The Labute approximate surface area is 184 Å². The van der Waals surface area contributed by atoms with Crippen LogP contribution in [-0.2, 0) is 6.61 Å². The highest BCUT2D eigenvalue weighted by Gasteiger charge is 2.38. The Morgan fingerprint density at radius 1 is 0.969 bits per heavy atom. The van der Waals surface area contributed by atoms with Crippen molar-refractivity contribution < 1.29 is 19.2 Å². The Hall–Kier alpha value is -4.33. The van der Waals surface area contributed by atoms with Crippen LogP contribution in [-0.4, -0.2) is 18.1 Å². The average Bonchev–Trinajstić information content (AvgIpc) is 2.83. The van der Waals surface area contributed by atoms with Gasteiger partial charge in [0.15, 0.2) is 11.5 Å². The fourth-order valence-corrected chi connectivity index (χ4v) is 3.54. The maximum atomic E-state index is 12.3. The van der Waals surface area contributed by atoms with E-state index in [1.54, 1.807) is 48.5 Å². The molecular formula is C24H21N3O5. The predicted octanol–water partition coefficient (Wildman–Crippen LogP) is 4.27. The maximum Gasteiger partial charge on any atom is 0.320 e. The lowest BCUT2D eigenvalue weighted by molar-refractivity contribution is -0.430. The smallest absolute Gasteiger partial charge is 0.320 e. The molecule has 0 saturated carbocycles. The van der Waals surface area contributed by atoms with Gasteiger partial charge in [-0.05, 0) is 23.3 Å². The highest BCUT2D eigenvalue weighted by Crippen LogP contribution is 2.36. The molecule has 0 fully saturated rings. The van der Waals surface area contributed by atoms with Gasteiger partial charge in [0.25, 0.3) is 5.70 Å². The summed E-state index contributed by atoms with van der Waals surface area (Å²) in [5, 5.41) is 17.2. The molecule has 8 nitrogen and oxygen atoms in total. The summed E-state index contributed by atoms with van der Waals surface area (Å²) in [6.07, 6.45) is 0. The van der Waals surface area contributed by atoms with Crippen LogP contribution in [0.15, 0.2) is 84.6 Å². The molecule has 2 N–H and O–H groups in total. The van der Waals surface area contributed by atoms with Crippen LogP contribution in [0.3, 0.4) is 0 Å². The van der Waals surface area contributed by atoms with Gasteiger partial charge in [0.1, 0.15) is 18.3 Å². The summed E-state index contributed by atoms with van der Waals surface area (Å²) in [7, 11) is 1.50. The van der Waals surface area contributed by atoms with Crippen molar-refractivity contribution in [3.8, 4) is 11.5 Å². The van der Waals surface area contributed by atoms with Gasteiger partial charge in [0, 0.05) is 5.56 Å². The van der Waals surface area contributed by atoms with Gasteiger partial charge in [-0.1, -0.05) is 66.7 Å². The zero-order chi connectivity index (χ0) is 22.5. The molecule has 32 heavy (non-hydrogen) atoms. The van der Waals surface area contributed by atoms with Crippen LogP contribution in [0, 0.1) is 10.1 Å². The number of hydrogen-bond donors (Lipinski definition) is 2. The summed E-state index contributed by atoms with van der Waals surface area (Å²) in [5.41, 5.74) is 2.05. The van der Waals surface area contributed by atoms with E-state index < -0.39 is 17.0 Å². The number of benzene rings is 3. The number of urea groups is 1. The number of nitro groups is 1. The van der Waals surface area contributed by atoms with Crippen molar-refractivity contribution in [2.75, 3.05) is 7.11 Å². The van der Waals surface area contributed by atoms with Crippen molar-refractivity contribution in [2.24, 2.45) is 0 Å². The van der Waals surface area contributed by atoms with E-state index in [9.17, 15) is 14.9 Å². The molecule has 0 saturated heterocycles. The molecule has 8 heteroatoms. The van der Waals surface area contributed by atoms with Crippen molar-refractivity contribution in [2.45, 2.75) is 12.6 Å². The van der Waals surface area contributed by atoms with Crippen LogP contribution in [0.2, 0.25) is 0 Å². The van der Waals surface area contributed by atoms with Crippen molar-refractivity contribution in [1.82, 2.24) is 10.6 Å². The van der Waals surface area contributed by atoms with Gasteiger partial charge < -0.3 is 20.1 Å². The minimum atomic E-state index is -0.967. The minimum absolute atomic E-state index is 0.157. The third-order valence-electron chi connectivity index (χ3n) is 5.06. The highest BCUT2D eigenvalue weighted by atomic mass is 16.6. The Morgan fingerprint density at radius 2 is 1.66 bits per heavy atom. The van der Waals surface area contributed by atoms with E-state index in [1.807, 2.05) is 30.3 Å². The number of nitrogens with one attached hydrogen (secondary N) is 2. The topological polar surface area (TPSA) is 103 Å². The van der Waals surface area contributed by atoms with Crippen LogP contribution in [0.4, 0.5) is 4.79 Å². The second kappa shape index (κ2) is 9.22. The Bertz CT molecular complexity index is 1160. The van der Waals surface area contributed by atoms with E-state index in [1.165, 1.54) is 7.11 Å². The summed E-state index contributed by atoms with van der Waals surface area (Å²) in [5.74, 6) is 0.908. The molecule has 162 valence electrons. The van der Waals surface area contributed by atoms with Crippen molar-refractivity contribution in [1.29, 1.82) is 0 Å². The summed E-state index contributed by atoms with van der Waals surface area (Å²) in [6.45, 7) is 0.346. The van der Waals surface area contributed by atoms with Gasteiger partial charge in [0.2, 0.25) is 0 Å². The molecule has 1 aliphatic rings. The van der Waals surface area contributed by atoms with Crippen LogP contribution in [0.5, 0.6) is 11.5 Å². The number of rotatable bonds is 7. The average molecular weight is 431 g/mol. The fraction of sp³-hybridized carbons (Fsp3) is 0.125. The van der Waals surface area contributed by atoms with E-state index in [2.05, 4.69) is 10.6 Å². The quantitative estimate of drug-likeness (QED) is 0.430. The first kappa shape index (κ1) is 20.9. The summed E-state index contributed by atoms with van der Waals surface area (Å²) < 4.78 is 11.3. The van der Waals surface area contributed by atoms with Crippen molar-refractivity contribution in [3.05, 3.63) is 111 Å². The molecule has 1 heterocycles. The predicted molar refractivity (Wildman–Crippen MR) is 119 cm³/mol. The highest BCUT2D eigenvalue weighted by molar-refractivity contribution is 5.89. The summed E-state index contributed by atoms with van der Waals surface area (Å²) in [6, 6.07) is 21.9.